The van der Waals surface area contributed by atoms with Crippen molar-refractivity contribution in [1.29, 1.82) is 0 Å². The molecule has 0 aliphatic heterocycles. The van der Waals surface area contributed by atoms with E-state index in [2.05, 4.69) is 9.97 Å². The van der Waals surface area contributed by atoms with Gasteiger partial charge in [-0.2, -0.15) is 0 Å². The SMILES string of the molecule is CCOc1ccc(-c2nc(COC(=O)c3c(Cl)nc4sccn34)cs2)cc1OC. The van der Waals surface area contributed by atoms with Gasteiger partial charge in [-0.3, -0.25) is 4.40 Å². The molecule has 7 nitrogen and oxygen atoms in total. The van der Waals surface area contributed by atoms with Gasteiger partial charge in [0.1, 0.15) is 11.6 Å². The number of benzene rings is 1. The Morgan fingerprint density at radius 1 is 1.24 bits per heavy atom. The Labute approximate surface area is 179 Å². The summed E-state index contributed by atoms with van der Waals surface area (Å²) in [4.78, 5) is 21.8. The molecule has 0 aliphatic rings. The Morgan fingerprint density at radius 3 is 2.90 bits per heavy atom. The van der Waals surface area contributed by atoms with Crippen LogP contribution < -0.4 is 9.47 Å². The van der Waals surface area contributed by atoms with E-state index in [-0.39, 0.29) is 17.5 Å². The first-order valence-corrected chi connectivity index (χ1v) is 10.8. The van der Waals surface area contributed by atoms with E-state index in [0.29, 0.717) is 28.8 Å². The molecule has 4 rings (SSSR count). The molecule has 4 aromatic rings. The lowest BCUT2D eigenvalue weighted by molar-refractivity contribution is 0.0460. The summed E-state index contributed by atoms with van der Waals surface area (Å²) in [6.45, 7) is 2.51. The number of aromatic nitrogens is 3. The lowest BCUT2D eigenvalue weighted by Crippen LogP contribution is -2.08. The summed E-state index contributed by atoms with van der Waals surface area (Å²) in [5.41, 5.74) is 1.76. The highest BCUT2D eigenvalue weighted by Gasteiger charge is 2.20. The molecular weight excluding hydrogens is 434 g/mol. The molecule has 0 N–H and O–H groups in total. The number of methoxy groups -OCH3 is 1. The Balaban J connectivity index is 1.48. The van der Waals surface area contributed by atoms with Crippen molar-refractivity contribution >= 4 is 45.2 Å². The third-order valence-corrected chi connectivity index (χ3v) is 5.99. The summed E-state index contributed by atoms with van der Waals surface area (Å²) in [5.74, 6) is 0.780. The van der Waals surface area contributed by atoms with Gasteiger partial charge >= 0.3 is 5.97 Å². The van der Waals surface area contributed by atoms with Gasteiger partial charge in [0.2, 0.25) is 0 Å². The van der Waals surface area contributed by atoms with E-state index in [1.165, 1.54) is 22.7 Å². The lowest BCUT2D eigenvalue weighted by Gasteiger charge is -2.09. The van der Waals surface area contributed by atoms with Crippen LogP contribution in [0.1, 0.15) is 23.1 Å². The van der Waals surface area contributed by atoms with Gasteiger partial charge in [0.15, 0.2) is 27.3 Å². The maximum absolute atomic E-state index is 12.5. The van der Waals surface area contributed by atoms with Crippen molar-refractivity contribution in [3.8, 4) is 22.1 Å². The maximum atomic E-state index is 12.5. The van der Waals surface area contributed by atoms with E-state index < -0.39 is 5.97 Å². The summed E-state index contributed by atoms with van der Waals surface area (Å²) < 4.78 is 17.9. The number of ether oxygens (including phenoxy) is 3. The molecule has 0 saturated carbocycles. The molecule has 150 valence electrons. The second-order valence-corrected chi connectivity index (χ2v) is 7.91. The predicted molar refractivity (Wildman–Crippen MR) is 112 cm³/mol. The average Bonchev–Trinajstić information content (AvgIpc) is 3.42. The van der Waals surface area contributed by atoms with Crippen molar-refractivity contribution in [3.05, 3.63) is 51.7 Å². The molecule has 3 aromatic heterocycles. The minimum atomic E-state index is -0.543. The van der Waals surface area contributed by atoms with Crippen LogP contribution in [0.15, 0.2) is 35.2 Å². The molecule has 0 unspecified atom stereocenters. The molecule has 0 atom stereocenters. The van der Waals surface area contributed by atoms with Crippen molar-refractivity contribution in [1.82, 2.24) is 14.4 Å². The number of carbonyl (C=O) groups excluding carboxylic acids is 1. The third-order valence-electron chi connectivity index (χ3n) is 4.03. The smallest absolute Gasteiger partial charge is 0.359 e. The largest absolute Gasteiger partial charge is 0.493 e. The van der Waals surface area contributed by atoms with Crippen molar-refractivity contribution < 1.29 is 19.0 Å². The molecule has 0 bridgehead atoms. The topological polar surface area (TPSA) is 75.0 Å². The highest BCUT2D eigenvalue weighted by molar-refractivity contribution is 7.15. The minimum absolute atomic E-state index is 0.0389. The number of esters is 1. The zero-order valence-electron chi connectivity index (χ0n) is 15.5. The summed E-state index contributed by atoms with van der Waals surface area (Å²) in [6.07, 6.45) is 1.73. The van der Waals surface area contributed by atoms with Gasteiger partial charge < -0.3 is 14.2 Å². The van der Waals surface area contributed by atoms with Crippen LogP contribution in [0, 0.1) is 0 Å². The van der Waals surface area contributed by atoms with Crippen LogP contribution in [0.3, 0.4) is 0 Å². The van der Waals surface area contributed by atoms with E-state index in [1.807, 2.05) is 35.9 Å². The van der Waals surface area contributed by atoms with Crippen molar-refractivity contribution in [3.63, 3.8) is 0 Å². The number of imidazole rings is 1. The van der Waals surface area contributed by atoms with E-state index in [4.69, 9.17) is 25.8 Å². The number of thiazole rings is 2. The Kier molecular flexibility index (Phi) is 5.70. The number of nitrogens with zero attached hydrogens (tertiary/aromatic N) is 3. The van der Waals surface area contributed by atoms with Crippen LogP contribution in [0.5, 0.6) is 11.5 Å². The molecular formula is C19H16ClN3O4S2. The minimum Gasteiger partial charge on any atom is -0.493 e. The summed E-state index contributed by atoms with van der Waals surface area (Å²) in [5, 5.41) is 4.60. The van der Waals surface area contributed by atoms with E-state index in [9.17, 15) is 4.79 Å². The highest BCUT2D eigenvalue weighted by Crippen LogP contribution is 2.34. The third kappa shape index (κ3) is 3.93. The first kappa shape index (κ1) is 19.7. The van der Waals surface area contributed by atoms with Gasteiger partial charge in [0.05, 0.1) is 19.4 Å². The molecule has 0 fully saturated rings. The Hall–Kier alpha value is -2.62. The molecule has 0 amide bonds. The first-order chi connectivity index (χ1) is 14.1. The Bertz CT molecular complexity index is 1170. The van der Waals surface area contributed by atoms with Crippen LogP contribution >= 0.6 is 34.3 Å². The number of hydrogen-bond donors (Lipinski definition) is 0. The number of fused-ring (bicyclic) bond motifs is 1. The predicted octanol–water partition coefficient (Wildman–Crippen LogP) is 4.94. The molecule has 1 aromatic carbocycles. The summed E-state index contributed by atoms with van der Waals surface area (Å²) in [6, 6.07) is 5.65. The van der Waals surface area contributed by atoms with Gasteiger partial charge in [-0.05, 0) is 25.1 Å². The fourth-order valence-corrected chi connectivity index (χ4v) is 4.54. The summed E-state index contributed by atoms with van der Waals surface area (Å²) in [7, 11) is 1.60. The maximum Gasteiger partial charge on any atom is 0.359 e. The van der Waals surface area contributed by atoms with Gasteiger partial charge in [0, 0.05) is 22.5 Å². The molecule has 3 heterocycles. The molecule has 29 heavy (non-hydrogen) atoms. The molecule has 0 aliphatic carbocycles. The number of carbonyl (C=O) groups is 1. The van der Waals surface area contributed by atoms with Crippen LogP contribution in [-0.4, -0.2) is 34.1 Å². The van der Waals surface area contributed by atoms with Gasteiger partial charge in [-0.15, -0.1) is 22.7 Å². The number of halogens is 1. The molecule has 0 spiro atoms. The van der Waals surface area contributed by atoms with E-state index in [1.54, 1.807) is 17.7 Å². The fourth-order valence-electron chi connectivity index (χ4n) is 2.73. The first-order valence-electron chi connectivity index (χ1n) is 8.64. The monoisotopic (exact) mass is 449 g/mol. The zero-order valence-corrected chi connectivity index (χ0v) is 17.9. The van der Waals surface area contributed by atoms with Crippen LogP contribution in [-0.2, 0) is 11.3 Å². The molecule has 0 radical (unpaired) electrons. The number of hydrogen-bond acceptors (Lipinski definition) is 8. The lowest BCUT2D eigenvalue weighted by atomic mass is 10.2. The number of rotatable bonds is 7. The second-order valence-electron chi connectivity index (χ2n) is 5.83. The van der Waals surface area contributed by atoms with E-state index in [0.717, 1.165) is 10.6 Å². The highest BCUT2D eigenvalue weighted by atomic mass is 35.5. The van der Waals surface area contributed by atoms with Gasteiger partial charge in [-0.1, -0.05) is 11.6 Å². The average molecular weight is 450 g/mol. The van der Waals surface area contributed by atoms with Crippen molar-refractivity contribution in [2.45, 2.75) is 13.5 Å². The normalized spacial score (nSPS) is 11.0. The Morgan fingerprint density at radius 2 is 2.10 bits per heavy atom. The van der Waals surface area contributed by atoms with Crippen molar-refractivity contribution in [2.75, 3.05) is 13.7 Å². The van der Waals surface area contributed by atoms with Crippen LogP contribution in [0.25, 0.3) is 15.5 Å². The second kappa shape index (κ2) is 8.40. The summed E-state index contributed by atoms with van der Waals surface area (Å²) >= 11 is 8.92. The zero-order chi connectivity index (χ0) is 20.4. The van der Waals surface area contributed by atoms with Crippen LogP contribution in [0.4, 0.5) is 0 Å². The molecule has 0 saturated heterocycles. The fraction of sp³-hybridized carbons (Fsp3) is 0.211. The van der Waals surface area contributed by atoms with Crippen LogP contribution in [0.2, 0.25) is 5.15 Å². The van der Waals surface area contributed by atoms with Gasteiger partial charge in [0.25, 0.3) is 0 Å². The molecule has 10 heteroatoms. The van der Waals surface area contributed by atoms with Crippen molar-refractivity contribution in [2.24, 2.45) is 0 Å². The standard InChI is InChI=1S/C19H16ClN3O4S2/c1-3-26-13-5-4-11(8-14(13)25-2)17-21-12(10-29-17)9-27-18(24)15-16(20)22-19-23(15)6-7-28-19/h4-8,10H,3,9H2,1-2H3. The quantitative estimate of drug-likeness (QED) is 0.372. The van der Waals surface area contributed by atoms with Gasteiger partial charge in [-0.25, -0.2) is 14.8 Å². The van der Waals surface area contributed by atoms with E-state index >= 15 is 0 Å².